The van der Waals surface area contributed by atoms with E-state index >= 15 is 0 Å². The van der Waals surface area contributed by atoms with Gasteiger partial charge >= 0.3 is 0 Å². The van der Waals surface area contributed by atoms with Crippen molar-refractivity contribution in [3.63, 3.8) is 0 Å². The van der Waals surface area contributed by atoms with Gasteiger partial charge in [0.05, 0.1) is 6.04 Å². The zero-order valence-electron chi connectivity index (χ0n) is 12.1. The molecule has 19 heavy (non-hydrogen) atoms. The predicted octanol–water partition coefficient (Wildman–Crippen LogP) is 2.80. The molecule has 1 amide bonds. The van der Waals surface area contributed by atoms with Gasteiger partial charge in [-0.1, -0.05) is 20.3 Å². The van der Waals surface area contributed by atoms with Gasteiger partial charge in [0.25, 0.3) is 0 Å². The van der Waals surface area contributed by atoms with Crippen molar-refractivity contribution in [3.8, 4) is 0 Å². The summed E-state index contributed by atoms with van der Waals surface area (Å²) in [5.41, 5.74) is 0. The van der Waals surface area contributed by atoms with Gasteiger partial charge in [-0.2, -0.15) is 0 Å². The summed E-state index contributed by atoms with van der Waals surface area (Å²) in [5, 5.41) is 0. The lowest BCUT2D eigenvalue weighted by Gasteiger charge is -2.34. The van der Waals surface area contributed by atoms with Crippen LogP contribution in [0.15, 0.2) is 12.4 Å². The van der Waals surface area contributed by atoms with Crippen molar-refractivity contribution in [3.05, 3.63) is 18.2 Å². The molecule has 1 fully saturated rings. The van der Waals surface area contributed by atoms with E-state index in [0.717, 1.165) is 51.0 Å². The fourth-order valence-corrected chi connectivity index (χ4v) is 2.84. The average molecular weight is 263 g/mol. The molecule has 1 aliphatic rings. The van der Waals surface area contributed by atoms with Crippen LogP contribution in [0.2, 0.25) is 0 Å². The highest BCUT2D eigenvalue weighted by molar-refractivity contribution is 5.76. The Labute approximate surface area is 115 Å². The monoisotopic (exact) mass is 263 g/mol. The molecule has 1 saturated heterocycles. The number of carbonyl (C=O) groups is 1. The highest BCUT2D eigenvalue weighted by Gasteiger charge is 2.25. The van der Waals surface area contributed by atoms with Gasteiger partial charge in [0.2, 0.25) is 5.91 Å². The van der Waals surface area contributed by atoms with Gasteiger partial charge in [0.1, 0.15) is 5.82 Å². The quantitative estimate of drug-likeness (QED) is 0.819. The molecule has 1 aliphatic heterocycles. The maximum atomic E-state index is 12.1. The number of aromatic nitrogens is 2. The summed E-state index contributed by atoms with van der Waals surface area (Å²) < 4.78 is 2.26. The van der Waals surface area contributed by atoms with Crippen molar-refractivity contribution in [2.24, 2.45) is 0 Å². The number of carbonyl (C=O) groups excluding carboxylic acids is 1. The molecule has 1 unspecified atom stereocenters. The van der Waals surface area contributed by atoms with E-state index < -0.39 is 0 Å². The molecule has 0 aromatic carbocycles. The number of hydrogen-bond donors (Lipinski definition) is 0. The maximum absolute atomic E-state index is 12.1. The van der Waals surface area contributed by atoms with Crippen molar-refractivity contribution >= 4 is 5.91 Å². The number of likely N-dealkylation sites (tertiary alicyclic amines) is 1. The SMILES string of the molecule is CCCCC(=O)N1CCCC(n2ccnc2CC)C1. The first kappa shape index (κ1) is 14.1. The number of hydrogen-bond acceptors (Lipinski definition) is 2. The molecule has 2 heterocycles. The van der Waals surface area contributed by atoms with Crippen LogP contribution in [0.3, 0.4) is 0 Å². The molecule has 0 saturated carbocycles. The Bertz CT molecular complexity index is 413. The summed E-state index contributed by atoms with van der Waals surface area (Å²) in [5.74, 6) is 1.46. The van der Waals surface area contributed by atoms with Crippen molar-refractivity contribution < 1.29 is 4.79 Å². The number of rotatable bonds is 5. The van der Waals surface area contributed by atoms with Gasteiger partial charge in [0.15, 0.2) is 0 Å². The molecular weight excluding hydrogens is 238 g/mol. The number of unbranched alkanes of at least 4 members (excludes halogenated alkanes) is 1. The Morgan fingerprint density at radius 2 is 2.32 bits per heavy atom. The van der Waals surface area contributed by atoms with E-state index in [9.17, 15) is 4.79 Å². The van der Waals surface area contributed by atoms with Crippen LogP contribution in [0.1, 0.15) is 57.8 Å². The van der Waals surface area contributed by atoms with Crippen LogP contribution in [0, 0.1) is 0 Å². The van der Waals surface area contributed by atoms with Gasteiger partial charge in [0, 0.05) is 38.3 Å². The predicted molar refractivity (Wildman–Crippen MR) is 76.0 cm³/mol. The van der Waals surface area contributed by atoms with E-state index in [2.05, 4.69) is 29.6 Å². The Kier molecular flexibility index (Phi) is 5.00. The van der Waals surface area contributed by atoms with Crippen LogP contribution in [-0.2, 0) is 11.2 Å². The first-order chi connectivity index (χ1) is 9.26. The number of imidazole rings is 1. The summed E-state index contributed by atoms with van der Waals surface area (Å²) >= 11 is 0. The number of aryl methyl sites for hydroxylation is 1. The zero-order valence-corrected chi connectivity index (χ0v) is 12.1. The first-order valence-electron chi connectivity index (χ1n) is 7.55. The minimum atomic E-state index is 0.324. The third-order valence-corrected chi connectivity index (χ3v) is 3.95. The van der Waals surface area contributed by atoms with Crippen molar-refractivity contribution in [2.45, 2.75) is 58.4 Å². The molecule has 0 aliphatic carbocycles. The second kappa shape index (κ2) is 6.73. The van der Waals surface area contributed by atoms with E-state index in [4.69, 9.17) is 0 Å². The lowest BCUT2D eigenvalue weighted by molar-refractivity contribution is -0.133. The molecule has 1 aromatic heterocycles. The van der Waals surface area contributed by atoms with Crippen LogP contribution in [-0.4, -0.2) is 33.4 Å². The second-order valence-corrected chi connectivity index (χ2v) is 5.34. The molecule has 0 N–H and O–H groups in total. The fourth-order valence-electron chi connectivity index (χ4n) is 2.84. The maximum Gasteiger partial charge on any atom is 0.222 e. The van der Waals surface area contributed by atoms with Crippen LogP contribution >= 0.6 is 0 Å². The molecule has 106 valence electrons. The largest absolute Gasteiger partial charge is 0.341 e. The smallest absolute Gasteiger partial charge is 0.222 e. The van der Waals surface area contributed by atoms with Crippen LogP contribution < -0.4 is 0 Å². The fraction of sp³-hybridized carbons (Fsp3) is 0.733. The summed E-state index contributed by atoms with van der Waals surface area (Å²) in [4.78, 5) is 18.6. The van der Waals surface area contributed by atoms with Crippen LogP contribution in [0.5, 0.6) is 0 Å². The normalized spacial score (nSPS) is 19.7. The van der Waals surface area contributed by atoms with E-state index in [1.165, 1.54) is 0 Å². The topological polar surface area (TPSA) is 38.1 Å². The highest BCUT2D eigenvalue weighted by Crippen LogP contribution is 2.23. The lowest BCUT2D eigenvalue weighted by Crippen LogP contribution is -2.40. The lowest BCUT2D eigenvalue weighted by atomic mass is 10.0. The van der Waals surface area contributed by atoms with Crippen LogP contribution in [0.25, 0.3) is 0 Å². The Balaban J connectivity index is 1.99. The van der Waals surface area contributed by atoms with E-state index in [-0.39, 0.29) is 0 Å². The number of nitrogens with zero attached hydrogens (tertiary/aromatic N) is 3. The molecule has 4 nitrogen and oxygen atoms in total. The second-order valence-electron chi connectivity index (χ2n) is 5.34. The number of piperidine rings is 1. The molecule has 2 rings (SSSR count). The minimum absolute atomic E-state index is 0.324. The molecule has 1 atom stereocenters. The van der Waals surface area contributed by atoms with Gasteiger partial charge in [-0.3, -0.25) is 4.79 Å². The Morgan fingerprint density at radius 1 is 1.47 bits per heavy atom. The third kappa shape index (κ3) is 3.37. The summed E-state index contributed by atoms with van der Waals surface area (Å²) in [6, 6.07) is 0.414. The van der Waals surface area contributed by atoms with E-state index in [1.54, 1.807) is 0 Å². The van der Waals surface area contributed by atoms with E-state index in [0.29, 0.717) is 18.4 Å². The molecule has 0 bridgehead atoms. The molecular formula is C15H25N3O. The molecule has 4 heteroatoms. The van der Waals surface area contributed by atoms with Crippen molar-refractivity contribution in [1.82, 2.24) is 14.5 Å². The van der Waals surface area contributed by atoms with Crippen molar-refractivity contribution in [1.29, 1.82) is 0 Å². The van der Waals surface area contributed by atoms with Crippen molar-refractivity contribution in [2.75, 3.05) is 13.1 Å². The first-order valence-corrected chi connectivity index (χ1v) is 7.55. The van der Waals surface area contributed by atoms with Gasteiger partial charge in [-0.15, -0.1) is 0 Å². The summed E-state index contributed by atoms with van der Waals surface area (Å²) in [6.45, 7) is 6.04. The summed E-state index contributed by atoms with van der Waals surface area (Å²) in [7, 11) is 0. The van der Waals surface area contributed by atoms with Gasteiger partial charge < -0.3 is 9.47 Å². The van der Waals surface area contributed by atoms with Crippen LogP contribution in [0.4, 0.5) is 0 Å². The van der Waals surface area contributed by atoms with Gasteiger partial charge in [-0.05, 0) is 19.3 Å². The number of amides is 1. The minimum Gasteiger partial charge on any atom is -0.341 e. The Hall–Kier alpha value is -1.32. The van der Waals surface area contributed by atoms with E-state index in [1.807, 2.05) is 11.1 Å². The van der Waals surface area contributed by atoms with Gasteiger partial charge in [-0.25, -0.2) is 4.98 Å². The Morgan fingerprint density at radius 3 is 3.05 bits per heavy atom. The standard InChI is InChI=1S/C15H25N3O/c1-3-5-8-15(19)17-10-6-7-13(12-17)18-11-9-16-14(18)4-2/h9,11,13H,3-8,10,12H2,1-2H3. The molecule has 0 spiro atoms. The average Bonchev–Trinajstić information content (AvgIpc) is 2.93. The third-order valence-electron chi connectivity index (χ3n) is 3.95. The zero-order chi connectivity index (χ0) is 13.7. The molecule has 1 aromatic rings. The highest BCUT2D eigenvalue weighted by atomic mass is 16.2. The summed E-state index contributed by atoms with van der Waals surface area (Å²) in [6.07, 6.45) is 9.93. The molecule has 0 radical (unpaired) electrons.